The summed E-state index contributed by atoms with van der Waals surface area (Å²) in [6.07, 6.45) is 5.28. The van der Waals surface area contributed by atoms with Crippen LogP contribution in [0.1, 0.15) is 64.8 Å². The van der Waals surface area contributed by atoms with E-state index in [1.165, 1.54) is 12.1 Å². The van der Waals surface area contributed by atoms with Gasteiger partial charge in [-0.05, 0) is 79.5 Å². The lowest BCUT2D eigenvalue weighted by atomic mass is 9.49. The summed E-state index contributed by atoms with van der Waals surface area (Å²) in [6, 6.07) is 11.0. The van der Waals surface area contributed by atoms with E-state index in [0.29, 0.717) is 46.8 Å². The molecule has 4 fully saturated rings. The number of hydrogen-bond donors (Lipinski definition) is 1. The highest BCUT2D eigenvalue weighted by Crippen LogP contribution is 2.59. The van der Waals surface area contributed by atoms with Crippen LogP contribution in [0.2, 0.25) is 0 Å². The quantitative estimate of drug-likeness (QED) is 0.527. The minimum atomic E-state index is -0.520. The number of methoxy groups -OCH3 is 1. The molecule has 2 atom stereocenters. The Morgan fingerprint density at radius 2 is 1.79 bits per heavy atom. The monoisotopic (exact) mass is 466 g/mol. The van der Waals surface area contributed by atoms with Crippen LogP contribution < -0.4 is 4.74 Å². The van der Waals surface area contributed by atoms with Crippen LogP contribution in [0.4, 0.5) is 4.39 Å². The van der Waals surface area contributed by atoms with Crippen molar-refractivity contribution in [2.75, 3.05) is 13.7 Å². The van der Waals surface area contributed by atoms with E-state index >= 15 is 0 Å². The number of ether oxygens (including phenoxy) is 2. The average molecular weight is 467 g/mol. The van der Waals surface area contributed by atoms with Gasteiger partial charge in [-0.3, -0.25) is 9.59 Å². The van der Waals surface area contributed by atoms with Gasteiger partial charge in [0.05, 0.1) is 12.2 Å². The predicted octanol–water partition coefficient (Wildman–Crippen LogP) is 4.99. The minimum absolute atomic E-state index is 0.0279. The molecule has 4 saturated carbocycles. The highest BCUT2D eigenvalue weighted by molar-refractivity contribution is 6.01. The van der Waals surface area contributed by atoms with Gasteiger partial charge in [0.1, 0.15) is 0 Å². The van der Waals surface area contributed by atoms with Gasteiger partial charge in [-0.1, -0.05) is 24.3 Å². The lowest BCUT2D eigenvalue weighted by Gasteiger charge is -2.58. The zero-order valence-corrected chi connectivity index (χ0v) is 19.5. The van der Waals surface area contributed by atoms with Crippen molar-refractivity contribution in [3.63, 3.8) is 0 Å². The van der Waals surface area contributed by atoms with Crippen molar-refractivity contribution in [2.24, 2.45) is 23.7 Å². The number of carbonyl (C=O) groups excluding carboxylic acids is 2. The fourth-order valence-corrected chi connectivity index (χ4v) is 6.85. The molecule has 34 heavy (non-hydrogen) atoms. The Kier molecular flexibility index (Phi) is 6.30. The Balaban J connectivity index is 1.29. The van der Waals surface area contributed by atoms with Gasteiger partial charge in [0.2, 0.25) is 0 Å². The molecule has 0 heterocycles. The average Bonchev–Trinajstić information content (AvgIpc) is 2.79. The van der Waals surface area contributed by atoms with Crippen LogP contribution in [0, 0.1) is 29.5 Å². The van der Waals surface area contributed by atoms with Crippen LogP contribution >= 0.6 is 0 Å². The van der Waals surface area contributed by atoms with Gasteiger partial charge in [-0.25, -0.2) is 4.39 Å². The summed E-state index contributed by atoms with van der Waals surface area (Å²) >= 11 is 0. The third kappa shape index (κ3) is 4.53. The Labute approximate surface area is 199 Å². The van der Waals surface area contributed by atoms with E-state index in [2.05, 4.69) is 0 Å². The zero-order chi connectivity index (χ0) is 23.9. The first-order valence-electron chi connectivity index (χ1n) is 12.1. The third-order valence-corrected chi connectivity index (χ3v) is 8.08. The van der Waals surface area contributed by atoms with Crippen LogP contribution in [0.25, 0.3) is 0 Å². The van der Waals surface area contributed by atoms with Gasteiger partial charge in [0.25, 0.3) is 0 Å². The molecule has 0 radical (unpaired) electrons. The molecule has 2 unspecified atom stereocenters. The number of benzene rings is 2. The van der Waals surface area contributed by atoms with E-state index in [4.69, 9.17) is 9.47 Å². The molecule has 4 aliphatic carbocycles. The van der Waals surface area contributed by atoms with Crippen molar-refractivity contribution in [1.29, 1.82) is 0 Å². The maximum Gasteiger partial charge on any atom is 0.200 e. The van der Waals surface area contributed by atoms with Crippen LogP contribution in [0.5, 0.6) is 5.75 Å². The number of aliphatic hydroxyl groups is 1. The lowest BCUT2D eigenvalue weighted by molar-refractivity contribution is -0.151. The molecule has 0 spiro atoms. The van der Waals surface area contributed by atoms with Crippen LogP contribution in [0.3, 0.4) is 0 Å². The standard InChI is InChI=1S/C28H31FO5/c1-33-15-21-10-18(26(31)16-34-27-5-3-2-4-24(27)29)6-7-22(21)25(30)11-23-19-8-17-9-20(23)14-28(32,12-17)13-19/h2-7,10,17,19-20,23,32H,8-9,11-16H2,1H3. The van der Waals surface area contributed by atoms with Crippen molar-refractivity contribution in [3.05, 3.63) is 65.0 Å². The van der Waals surface area contributed by atoms with Crippen molar-refractivity contribution >= 4 is 11.6 Å². The summed E-state index contributed by atoms with van der Waals surface area (Å²) in [7, 11) is 1.56. The fourth-order valence-electron chi connectivity index (χ4n) is 6.85. The van der Waals surface area contributed by atoms with E-state index in [1.54, 1.807) is 37.4 Å². The highest BCUT2D eigenvalue weighted by Gasteiger charge is 2.54. The van der Waals surface area contributed by atoms with Crippen molar-refractivity contribution in [2.45, 2.75) is 50.7 Å². The molecule has 4 aliphatic rings. The van der Waals surface area contributed by atoms with Gasteiger partial charge in [-0.2, -0.15) is 0 Å². The summed E-state index contributed by atoms with van der Waals surface area (Å²) in [5, 5.41) is 10.8. The molecule has 0 saturated heterocycles. The van der Waals surface area contributed by atoms with Gasteiger partial charge in [0, 0.05) is 24.7 Å². The smallest absolute Gasteiger partial charge is 0.200 e. The van der Waals surface area contributed by atoms with E-state index in [1.807, 2.05) is 0 Å². The number of rotatable bonds is 9. The summed E-state index contributed by atoms with van der Waals surface area (Å²) in [6.45, 7) is -0.0775. The second-order valence-corrected chi connectivity index (χ2v) is 10.4. The molecule has 4 bridgehead atoms. The van der Waals surface area contributed by atoms with Crippen molar-refractivity contribution in [3.8, 4) is 5.75 Å². The lowest BCUT2D eigenvalue weighted by Crippen LogP contribution is -2.54. The summed E-state index contributed by atoms with van der Waals surface area (Å²) in [5.41, 5.74) is 1.15. The predicted molar refractivity (Wildman–Crippen MR) is 124 cm³/mol. The topological polar surface area (TPSA) is 72.8 Å². The van der Waals surface area contributed by atoms with Crippen LogP contribution in [-0.4, -0.2) is 36.0 Å². The van der Waals surface area contributed by atoms with Crippen molar-refractivity contribution < 1.29 is 28.6 Å². The first-order chi connectivity index (χ1) is 16.3. The molecule has 180 valence electrons. The zero-order valence-electron chi connectivity index (χ0n) is 19.5. The second kappa shape index (κ2) is 9.23. The van der Waals surface area contributed by atoms with Crippen LogP contribution in [-0.2, 0) is 11.3 Å². The fraction of sp³-hybridized carbons (Fsp3) is 0.500. The molecule has 0 amide bonds. The number of halogens is 1. The SMILES string of the molecule is COCc1cc(C(=O)COc2ccccc2F)ccc1C(=O)CC1C2CC3CC1CC(O)(C3)C2. The number of carbonyl (C=O) groups is 2. The molecule has 5 nitrogen and oxygen atoms in total. The van der Waals surface area contributed by atoms with Gasteiger partial charge in [0.15, 0.2) is 29.7 Å². The molecule has 6 rings (SSSR count). The number of Topliss-reactive ketones (excluding diaryl/α,β-unsaturated/α-hetero) is 2. The summed E-state index contributed by atoms with van der Waals surface area (Å²) < 4.78 is 24.4. The minimum Gasteiger partial charge on any atom is -0.482 e. The van der Waals surface area contributed by atoms with Crippen molar-refractivity contribution in [1.82, 2.24) is 0 Å². The van der Waals surface area contributed by atoms with Crippen LogP contribution in [0.15, 0.2) is 42.5 Å². The largest absolute Gasteiger partial charge is 0.482 e. The molecule has 2 aromatic rings. The van der Waals surface area contributed by atoms with E-state index in [-0.39, 0.29) is 30.5 Å². The van der Waals surface area contributed by atoms with E-state index in [9.17, 15) is 19.1 Å². The maximum absolute atomic E-state index is 13.8. The Hall–Kier alpha value is -2.57. The number of hydrogen-bond acceptors (Lipinski definition) is 5. The third-order valence-electron chi connectivity index (χ3n) is 8.08. The number of ketones is 2. The maximum atomic E-state index is 13.8. The normalized spacial score (nSPS) is 29.3. The molecule has 2 aromatic carbocycles. The Morgan fingerprint density at radius 3 is 2.47 bits per heavy atom. The Morgan fingerprint density at radius 1 is 1.06 bits per heavy atom. The first-order valence-corrected chi connectivity index (χ1v) is 12.1. The summed E-state index contributed by atoms with van der Waals surface area (Å²) in [4.78, 5) is 26.1. The van der Waals surface area contributed by atoms with Gasteiger partial charge >= 0.3 is 0 Å². The van der Waals surface area contributed by atoms with Gasteiger partial charge in [-0.15, -0.1) is 0 Å². The highest BCUT2D eigenvalue weighted by atomic mass is 19.1. The van der Waals surface area contributed by atoms with Gasteiger partial charge < -0.3 is 14.6 Å². The van der Waals surface area contributed by atoms with E-state index < -0.39 is 11.4 Å². The Bertz CT molecular complexity index is 1080. The molecule has 0 aromatic heterocycles. The second-order valence-electron chi connectivity index (χ2n) is 10.4. The van der Waals surface area contributed by atoms with E-state index in [0.717, 1.165) is 32.1 Å². The number of para-hydroxylation sites is 1. The molecular weight excluding hydrogens is 435 g/mol. The molecule has 6 heteroatoms. The first kappa shape index (κ1) is 23.2. The molecule has 1 N–H and O–H groups in total. The molecular formula is C28H31FO5. The molecule has 0 aliphatic heterocycles. The summed E-state index contributed by atoms with van der Waals surface area (Å²) in [5.74, 6) is 1.04.